The molecule has 1 heterocycles. The molecule has 3 rings (SSSR count). The molecule has 6 heteroatoms. The average Bonchev–Trinajstić information content (AvgIpc) is 2.73. The van der Waals surface area contributed by atoms with Crippen LogP contribution in [-0.4, -0.2) is 20.4 Å². The minimum absolute atomic E-state index is 0.0209. The van der Waals surface area contributed by atoms with E-state index in [0.717, 1.165) is 22.8 Å². The molecule has 0 saturated heterocycles. The topological polar surface area (TPSA) is 111 Å². The summed E-state index contributed by atoms with van der Waals surface area (Å²) in [6, 6.07) is 1.14. The number of phenols is 4. The molecule has 180 valence electrons. The summed E-state index contributed by atoms with van der Waals surface area (Å²) in [6.07, 6.45) is 6.60. The number of phenolic OH excluding ortho intramolecular Hbond substituents is 4. The van der Waals surface area contributed by atoms with Crippen LogP contribution in [0.4, 0.5) is 0 Å². The van der Waals surface area contributed by atoms with Gasteiger partial charge >= 0.3 is 0 Å². The van der Waals surface area contributed by atoms with Crippen LogP contribution in [0.15, 0.2) is 50.2 Å². The molecule has 6 nitrogen and oxygen atoms in total. The lowest BCUT2D eigenvalue weighted by molar-refractivity contribution is 0.397. The van der Waals surface area contributed by atoms with Crippen LogP contribution < -0.4 is 5.43 Å². The maximum absolute atomic E-state index is 13.8. The number of hydrogen-bond donors (Lipinski definition) is 4. The molecule has 0 fully saturated rings. The van der Waals surface area contributed by atoms with Gasteiger partial charge in [-0.15, -0.1) is 0 Å². The molecule has 0 aliphatic rings. The Kier molecular flexibility index (Phi) is 7.10. The van der Waals surface area contributed by atoms with Gasteiger partial charge in [0, 0.05) is 17.2 Å². The van der Waals surface area contributed by atoms with Gasteiger partial charge in [-0.1, -0.05) is 34.9 Å². The highest BCUT2D eigenvalue weighted by atomic mass is 16.4. The fraction of sp³-hybridized carbons (Fsp3) is 0.321. The minimum Gasteiger partial charge on any atom is -0.507 e. The van der Waals surface area contributed by atoms with Crippen LogP contribution in [0, 0.1) is 0 Å². The zero-order chi connectivity index (χ0) is 25.3. The van der Waals surface area contributed by atoms with E-state index in [2.05, 4.69) is 0 Å². The van der Waals surface area contributed by atoms with Crippen molar-refractivity contribution >= 4 is 21.9 Å². The van der Waals surface area contributed by atoms with E-state index >= 15 is 0 Å². The Hall–Kier alpha value is -3.67. The van der Waals surface area contributed by atoms with Gasteiger partial charge in [-0.05, 0) is 66.4 Å². The maximum Gasteiger partial charge on any atom is 0.204 e. The Bertz CT molecular complexity index is 1420. The molecule has 0 unspecified atom stereocenters. The van der Waals surface area contributed by atoms with Gasteiger partial charge in [-0.25, -0.2) is 0 Å². The smallest absolute Gasteiger partial charge is 0.204 e. The quantitative estimate of drug-likeness (QED) is 0.194. The molecule has 0 bridgehead atoms. The predicted molar refractivity (Wildman–Crippen MR) is 136 cm³/mol. The van der Waals surface area contributed by atoms with Crippen LogP contribution in [0.25, 0.3) is 21.9 Å². The number of aromatic hydroxyl groups is 4. The zero-order valence-electron chi connectivity index (χ0n) is 20.5. The average molecular weight is 465 g/mol. The van der Waals surface area contributed by atoms with E-state index in [1.54, 1.807) is 0 Å². The summed E-state index contributed by atoms with van der Waals surface area (Å²) in [5, 5.41) is 42.9. The molecular weight excluding hydrogens is 432 g/mol. The monoisotopic (exact) mass is 464 g/mol. The minimum atomic E-state index is -0.539. The van der Waals surface area contributed by atoms with Gasteiger partial charge in [0.05, 0.1) is 5.39 Å². The molecule has 0 atom stereocenters. The van der Waals surface area contributed by atoms with Gasteiger partial charge in [0.2, 0.25) is 11.2 Å². The van der Waals surface area contributed by atoms with Crippen molar-refractivity contribution in [2.75, 3.05) is 0 Å². The predicted octanol–water partition coefficient (Wildman–Crippen LogP) is 6.29. The molecule has 0 aliphatic carbocycles. The van der Waals surface area contributed by atoms with Crippen LogP contribution in [0.1, 0.15) is 58.2 Å². The van der Waals surface area contributed by atoms with Crippen LogP contribution in [0.2, 0.25) is 0 Å². The Morgan fingerprint density at radius 1 is 0.676 bits per heavy atom. The van der Waals surface area contributed by atoms with E-state index in [4.69, 9.17) is 4.42 Å². The van der Waals surface area contributed by atoms with E-state index in [9.17, 15) is 25.2 Å². The molecule has 3 aromatic rings. The number of hydrogen-bond acceptors (Lipinski definition) is 6. The standard InChI is InChI=1S/C28H32O6/c1-14(2)7-10-17-18(11-8-15(3)4)24(31)26(33)28-22(17)25(32)23-21(30)13-20(29)19(27(23)34-28)12-9-16(5)6/h7-9,13,29-31,33H,10-12H2,1-6H3. The second-order valence-corrected chi connectivity index (χ2v) is 9.34. The van der Waals surface area contributed by atoms with Gasteiger partial charge in [-0.2, -0.15) is 0 Å². The van der Waals surface area contributed by atoms with Crippen molar-refractivity contribution in [1.29, 1.82) is 0 Å². The summed E-state index contributed by atoms with van der Waals surface area (Å²) in [6.45, 7) is 11.5. The van der Waals surface area contributed by atoms with Crippen molar-refractivity contribution in [3.8, 4) is 23.0 Å². The summed E-state index contributed by atoms with van der Waals surface area (Å²) >= 11 is 0. The summed E-state index contributed by atoms with van der Waals surface area (Å²) in [5.41, 5.74) is 3.59. The van der Waals surface area contributed by atoms with Crippen molar-refractivity contribution in [2.24, 2.45) is 0 Å². The molecule has 0 aliphatic heterocycles. The molecule has 0 radical (unpaired) electrons. The van der Waals surface area contributed by atoms with E-state index in [0.29, 0.717) is 29.5 Å². The summed E-state index contributed by atoms with van der Waals surface area (Å²) in [4.78, 5) is 13.8. The lowest BCUT2D eigenvalue weighted by Gasteiger charge is -2.16. The second kappa shape index (κ2) is 9.67. The highest BCUT2D eigenvalue weighted by molar-refractivity contribution is 6.00. The zero-order valence-corrected chi connectivity index (χ0v) is 20.5. The van der Waals surface area contributed by atoms with Crippen molar-refractivity contribution in [3.63, 3.8) is 0 Å². The third-order valence-electron chi connectivity index (χ3n) is 5.76. The van der Waals surface area contributed by atoms with Gasteiger partial charge in [0.1, 0.15) is 22.5 Å². The van der Waals surface area contributed by atoms with Crippen LogP contribution in [0.3, 0.4) is 0 Å². The van der Waals surface area contributed by atoms with Crippen LogP contribution >= 0.6 is 0 Å². The van der Waals surface area contributed by atoms with Crippen LogP contribution in [-0.2, 0) is 19.3 Å². The highest BCUT2D eigenvalue weighted by Gasteiger charge is 2.26. The van der Waals surface area contributed by atoms with Crippen molar-refractivity contribution in [2.45, 2.75) is 60.8 Å². The molecule has 0 saturated carbocycles. The first-order chi connectivity index (χ1) is 15.9. The largest absolute Gasteiger partial charge is 0.507 e. The van der Waals surface area contributed by atoms with Crippen LogP contribution in [0.5, 0.6) is 23.0 Å². The highest BCUT2D eigenvalue weighted by Crippen LogP contribution is 2.43. The van der Waals surface area contributed by atoms with E-state index in [1.165, 1.54) is 0 Å². The van der Waals surface area contributed by atoms with Crippen molar-refractivity contribution in [1.82, 2.24) is 0 Å². The fourth-order valence-corrected chi connectivity index (χ4v) is 3.93. The number of benzene rings is 2. The molecule has 2 aromatic carbocycles. The van der Waals surface area contributed by atoms with E-state index < -0.39 is 16.9 Å². The Morgan fingerprint density at radius 2 is 1.18 bits per heavy atom. The first-order valence-corrected chi connectivity index (χ1v) is 11.2. The van der Waals surface area contributed by atoms with Gasteiger partial charge in [0.15, 0.2) is 11.3 Å². The number of fused-ring (bicyclic) bond motifs is 2. The van der Waals surface area contributed by atoms with Crippen molar-refractivity contribution < 1.29 is 24.8 Å². The normalized spacial score (nSPS) is 11.0. The summed E-state index contributed by atoms with van der Waals surface area (Å²) in [5.74, 6) is -1.52. The molecule has 34 heavy (non-hydrogen) atoms. The van der Waals surface area contributed by atoms with E-state index in [-0.39, 0.29) is 39.9 Å². The maximum atomic E-state index is 13.8. The second-order valence-electron chi connectivity index (χ2n) is 9.34. The first-order valence-electron chi connectivity index (χ1n) is 11.2. The molecular formula is C28H32O6. The van der Waals surface area contributed by atoms with Crippen molar-refractivity contribution in [3.05, 3.63) is 67.9 Å². The Morgan fingerprint density at radius 3 is 1.71 bits per heavy atom. The SMILES string of the molecule is CC(C)=CCc1c(O)c(O)c2oc3c(CC=C(C)C)c(O)cc(O)c3c(=O)c2c1CC=C(C)C. The number of rotatable bonds is 6. The summed E-state index contributed by atoms with van der Waals surface area (Å²) in [7, 11) is 0. The fourth-order valence-electron chi connectivity index (χ4n) is 3.93. The van der Waals surface area contributed by atoms with Gasteiger partial charge < -0.3 is 24.8 Å². The molecule has 0 amide bonds. The molecule has 4 N–H and O–H groups in total. The lowest BCUT2D eigenvalue weighted by atomic mass is 9.92. The molecule has 0 spiro atoms. The third kappa shape index (κ3) is 4.67. The molecule has 1 aromatic heterocycles. The van der Waals surface area contributed by atoms with E-state index in [1.807, 2.05) is 59.8 Å². The third-order valence-corrected chi connectivity index (χ3v) is 5.76. The lowest BCUT2D eigenvalue weighted by Crippen LogP contribution is -2.09. The number of allylic oxidation sites excluding steroid dienone is 6. The Labute approximate surface area is 198 Å². The van der Waals surface area contributed by atoms with Gasteiger partial charge in [0.25, 0.3) is 0 Å². The summed E-state index contributed by atoms with van der Waals surface area (Å²) < 4.78 is 6.00. The Balaban J connectivity index is 2.55. The first kappa shape index (κ1) is 25.0. The van der Waals surface area contributed by atoms with Gasteiger partial charge in [-0.3, -0.25) is 4.79 Å².